The zero-order valence-corrected chi connectivity index (χ0v) is 14.6. The summed E-state index contributed by atoms with van der Waals surface area (Å²) in [4.78, 5) is 12.8. The quantitative estimate of drug-likeness (QED) is 0.745. The summed E-state index contributed by atoms with van der Waals surface area (Å²) >= 11 is 10.4. The van der Waals surface area contributed by atoms with Crippen molar-refractivity contribution in [2.45, 2.75) is 32.6 Å². The van der Waals surface area contributed by atoms with Crippen molar-refractivity contribution >= 4 is 30.0 Å². The van der Waals surface area contributed by atoms with Crippen LogP contribution in [0.4, 0.5) is 0 Å². The largest absolute Gasteiger partial charge is 0.353 e. The van der Waals surface area contributed by atoms with Gasteiger partial charge in [0.2, 0.25) is 0 Å². The molecule has 0 amide bonds. The van der Waals surface area contributed by atoms with Gasteiger partial charge in [-0.1, -0.05) is 37.6 Å². The van der Waals surface area contributed by atoms with E-state index in [-0.39, 0.29) is 17.1 Å². The van der Waals surface area contributed by atoms with Crippen molar-refractivity contribution in [1.82, 2.24) is 5.32 Å². The molecule has 1 aliphatic heterocycles. The number of ketones is 1. The van der Waals surface area contributed by atoms with Crippen LogP contribution in [0, 0.1) is 16.7 Å². The monoisotopic (exact) mass is 344 g/mol. The fourth-order valence-corrected chi connectivity index (χ4v) is 3.82. The molecule has 3 rings (SSSR count). The third-order valence-electron chi connectivity index (χ3n) is 4.35. The van der Waals surface area contributed by atoms with Gasteiger partial charge in [-0.2, -0.15) is 5.26 Å². The molecule has 0 unspecified atom stereocenters. The zero-order valence-electron chi connectivity index (χ0n) is 13.0. The van der Waals surface area contributed by atoms with E-state index < -0.39 is 0 Å². The van der Waals surface area contributed by atoms with E-state index in [4.69, 9.17) is 11.6 Å². The Hall–Kier alpha value is -1.70. The molecule has 0 fully saturated rings. The lowest BCUT2D eigenvalue weighted by Crippen LogP contribution is -2.36. The van der Waals surface area contributed by atoms with Crippen LogP contribution in [-0.4, -0.2) is 5.78 Å². The Bertz CT molecular complexity index is 784. The summed E-state index contributed by atoms with van der Waals surface area (Å²) in [5, 5.41) is 13.9. The Labute approximate surface area is 146 Å². The van der Waals surface area contributed by atoms with Crippen LogP contribution in [0.2, 0.25) is 5.02 Å². The average molecular weight is 345 g/mol. The minimum Gasteiger partial charge on any atom is -0.353 e. The van der Waals surface area contributed by atoms with Crippen molar-refractivity contribution in [3.8, 4) is 6.07 Å². The first-order valence-electron chi connectivity index (χ1n) is 7.44. The van der Waals surface area contributed by atoms with Crippen molar-refractivity contribution in [2.75, 3.05) is 0 Å². The number of nitrogens with zero attached hydrogens (tertiary/aromatic N) is 1. The number of dihydropyridines is 1. The van der Waals surface area contributed by atoms with Gasteiger partial charge in [0, 0.05) is 22.7 Å². The molecule has 1 aromatic rings. The number of benzene rings is 1. The smallest absolute Gasteiger partial charge is 0.162 e. The standard InChI is InChI=1S/C18H17ClN2OS/c1-18(2)7-13-16(14(22)8-18)15(12(9-20)17(23)21-13)10-3-5-11(19)6-4-10/h3-6,15,21,23H,7-8H2,1-2H3/t15-/m0/s1. The van der Waals surface area contributed by atoms with E-state index in [0.29, 0.717) is 27.6 Å². The highest BCUT2D eigenvalue weighted by Gasteiger charge is 2.41. The van der Waals surface area contributed by atoms with Crippen LogP contribution in [0.25, 0.3) is 0 Å². The molecular weight excluding hydrogens is 328 g/mol. The number of halogens is 1. The van der Waals surface area contributed by atoms with E-state index in [0.717, 1.165) is 17.7 Å². The first-order valence-corrected chi connectivity index (χ1v) is 8.27. The molecule has 1 aliphatic carbocycles. The van der Waals surface area contributed by atoms with Crippen molar-refractivity contribution in [3.05, 3.63) is 56.7 Å². The first kappa shape index (κ1) is 16.2. The normalized spacial score (nSPS) is 23.3. The van der Waals surface area contributed by atoms with Gasteiger partial charge < -0.3 is 5.32 Å². The fraction of sp³-hybridized carbons (Fsp3) is 0.333. The predicted octanol–water partition coefficient (Wildman–Crippen LogP) is 4.33. The lowest BCUT2D eigenvalue weighted by atomic mass is 9.69. The number of carbonyl (C=O) groups is 1. The van der Waals surface area contributed by atoms with Gasteiger partial charge in [0.25, 0.3) is 0 Å². The molecule has 0 bridgehead atoms. The predicted molar refractivity (Wildman–Crippen MR) is 94.0 cm³/mol. The van der Waals surface area contributed by atoms with Crippen LogP contribution in [0.3, 0.4) is 0 Å². The maximum absolute atomic E-state index is 12.8. The van der Waals surface area contributed by atoms with Crippen molar-refractivity contribution in [3.63, 3.8) is 0 Å². The number of allylic oxidation sites excluding steroid dienone is 3. The van der Waals surface area contributed by atoms with Gasteiger partial charge in [-0.25, -0.2) is 0 Å². The molecule has 1 heterocycles. The highest BCUT2D eigenvalue weighted by atomic mass is 35.5. The van der Waals surface area contributed by atoms with Gasteiger partial charge >= 0.3 is 0 Å². The van der Waals surface area contributed by atoms with Crippen molar-refractivity contribution in [1.29, 1.82) is 5.26 Å². The minimum absolute atomic E-state index is 0.0916. The van der Waals surface area contributed by atoms with Crippen molar-refractivity contribution < 1.29 is 4.79 Å². The Morgan fingerprint density at radius 2 is 1.96 bits per heavy atom. The Morgan fingerprint density at radius 3 is 2.57 bits per heavy atom. The van der Waals surface area contributed by atoms with Crippen LogP contribution in [-0.2, 0) is 4.79 Å². The molecule has 0 aromatic heterocycles. The first-order chi connectivity index (χ1) is 10.8. The number of nitrogens with one attached hydrogen (secondary N) is 1. The molecule has 0 spiro atoms. The molecule has 2 aliphatic rings. The van der Waals surface area contributed by atoms with Gasteiger partial charge in [0.15, 0.2) is 5.78 Å². The summed E-state index contributed by atoms with van der Waals surface area (Å²) < 4.78 is 0. The summed E-state index contributed by atoms with van der Waals surface area (Å²) in [5.41, 5.74) is 2.85. The third-order valence-corrected chi connectivity index (χ3v) is 4.95. The number of hydrogen-bond acceptors (Lipinski definition) is 4. The number of rotatable bonds is 1. The second-order valence-electron chi connectivity index (χ2n) is 6.82. The third kappa shape index (κ3) is 2.91. The number of thiol groups is 1. The van der Waals surface area contributed by atoms with E-state index >= 15 is 0 Å². The summed E-state index contributed by atoms with van der Waals surface area (Å²) in [5.74, 6) is -0.276. The molecule has 0 saturated carbocycles. The lowest BCUT2D eigenvalue weighted by Gasteiger charge is -2.38. The lowest BCUT2D eigenvalue weighted by molar-refractivity contribution is -0.118. The molecule has 23 heavy (non-hydrogen) atoms. The number of nitriles is 1. The SMILES string of the molecule is CC1(C)CC(=O)C2=C(C1)NC(S)=C(C#N)[C@@H]2c1ccc(Cl)cc1. The van der Waals surface area contributed by atoms with Crippen LogP contribution in [0.15, 0.2) is 46.1 Å². The maximum atomic E-state index is 12.8. The molecule has 0 radical (unpaired) electrons. The fourth-order valence-electron chi connectivity index (χ4n) is 3.38. The Kier molecular flexibility index (Phi) is 4.03. The molecule has 5 heteroatoms. The Morgan fingerprint density at radius 1 is 1.30 bits per heavy atom. The summed E-state index contributed by atoms with van der Waals surface area (Å²) in [6, 6.07) is 9.51. The second kappa shape index (κ2) is 5.74. The van der Waals surface area contributed by atoms with Gasteiger partial charge in [0.05, 0.1) is 22.6 Å². The van der Waals surface area contributed by atoms with Gasteiger partial charge in [-0.15, -0.1) is 12.6 Å². The maximum Gasteiger partial charge on any atom is 0.162 e. The highest BCUT2D eigenvalue weighted by molar-refractivity contribution is 7.84. The topological polar surface area (TPSA) is 52.9 Å². The second-order valence-corrected chi connectivity index (χ2v) is 7.70. The Balaban J connectivity index is 2.17. The molecular formula is C18H17ClN2OS. The molecule has 118 valence electrons. The summed E-state index contributed by atoms with van der Waals surface area (Å²) in [7, 11) is 0. The van der Waals surface area contributed by atoms with Crippen molar-refractivity contribution in [2.24, 2.45) is 5.41 Å². The van der Waals surface area contributed by atoms with Gasteiger partial charge in [0.1, 0.15) is 0 Å². The summed E-state index contributed by atoms with van der Waals surface area (Å²) in [6.45, 7) is 4.16. The zero-order chi connectivity index (χ0) is 16.8. The molecule has 1 atom stereocenters. The van der Waals surface area contributed by atoms with E-state index in [1.165, 1.54) is 0 Å². The molecule has 1 aromatic carbocycles. The van der Waals surface area contributed by atoms with Gasteiger partial charge in [-0.3, -0.25) is 4.79 Å². The van der Waals surface area contributed by atoms with Crippen LogP contribution >= 0.6 is 24.2 Å². The highest BCUT2D eigenvalue weighted by Crippen LogP contribution is 2.46. The van der Waals surface area contributed by atoms with Crippen LogP contribution in [0.5, 0.6) is 0 Å². The minimum atomic E-state index is -0.371. The molecule has 0 saturated heterocycles. The summed E-state index contributed by atoms with van der Waals surface area (Å²) in [6.07, 6.45) is 1.25. The number of carbonyl (C=O) groups excluding carboxylic acids is 1. The van der Waals surface area contributed by atoms with E-state index in [2.05, 4.69) is 37.9 Å². The molecule has 1 N–H and O–H groups in total. The van der Waals surface area contributed by atoms with Crippen LogP contribution < -0.4 is 5.32 Å². The van der Waals surface area contributed by atoms with Crippen LogP contribution in [0.1, 0.15) is 38.2 Å². The molecule has 3 nitrogen and oxygen atoms in total. The number of Topliss-reactive ketones (excluding diaryl/α,β-unsaturated/α-hetero) is 1. The van der Waals surface area contributed by atoms with E-state index in [1.807, 2.05) is 12.1 Å². The van der Waals surface area contributed by atoms with E-state index in [1.54, 1.807) is 12.1 Å². The number of hydrogen-bond donors (Lipinski definition) is 2. The van der Waals surface area contributed by atoms with Gasteiger partial charge in [-0.05, 0) is 29.5 Å². The van der Waals surface area contributed by atoms with E-state index in [9.17, 15) is 10.1 Å². The average Bonchev–Trinajstić information content (AvgIpc) is 2.45.